The number of ether oxygens (including phenoxy) is 1. The summed E-state index contributed by atoms with van der Waals surface area (Å²) in [5, 5.41) is 79.6. The number of H-pyrrole nitrogens is 2. The molecule has 4 aromatic rings. The average molecular weight is 1620 g/mol. The molecule has 115 heavy (non-hydrogen) atoms. The third kappa shape index (κ3) is 31.1. The van der Waals surface area contributed by atoms with E-state index >= 15 is 0 Å². The summed E-state index contributed by atoms with van der Waals surface area (Å²) >= 11 is 0. The molecule has 628 valence electrons. The third-order valence-electron chi connectivity index (χ3n) is 18.5. The van der Waals surface area contributed by atoms with Crippen LogP contribution in [-0.2, 0) is 109 Å². The lowest BCUT2D eigenvalue weighted by atomic mass is 10.00. The van der Waals surface area contributed by atoms with E-state index in [2.05, 4.69) is 77.0 Å². The number of nitrogens with one attached hydrogen (secondary N) is 15. The Morgan fingerprint density at radius 3 is 1.60 bits per heavy atom. The fourth-order valence-corrected chi connectivity index (χ4v) is 12.0. The van der Waals surface area contributed by atoms with Crippen molar-refractivity contribution >= 4 is 134 Å². The van der Waals surface area contributed by atoms with Crippen molar-refractivity contribution in [3.8, 4) is 0 Å². The largest absolute Gasteiger partial charge is 0.481 e. The zero-order valence-corrected chi connectivity index (χ0v) is 63.7. The topological polar surface area (TPSA) is 675 Å². The number of cyclic esters (lactones) is 1. The molecular weight excluding hydrogens is 1510 g/mol. The Labute approximate surface area is 657 Å². The maximum absolute atomic E-state index is 14.9. The first kappa shape index (κ1) is 93.0. The van der Waals surface area contributed by atoms with Crippen LogP contribution in [0.5, 0.6) is 0 Å². The van der Waals surface area contributed by atoms with Gasteiger partial charge in [0.1, 0.15) is 72.6 Å². The number of carbonyl (C=O) groups is 19. The number of carboxylic acid groups (broad SMARTS) is 4. The van der Waals surface area contributed by atoms with Gasteiger partial charge in [0, 0.05) is 59.9 Å². The number of aliphatic hydroxyl groups excluding tert-OH is 1. The smallest absolute Gasteiger partial charge is 0.329 e. The van der Waals surface area contributed by atoms with Crippen molar-refractivity contribution in [3.63, 3.8) is 0 Å². The number of aromatic amines is 2. The highest BCUT2D eigenvalue weighted by atomic mass is 16.5. The lowest BCUT2D eigenvalue weighted by Gasteiger charge is -2.29. The van der Waals surface area contributed by atoms with Gasteiger partial charge in [-0.3, -0.25) is 86.3 Å². The van der Waals surface area contributed by atoms with E-state index in [4.69, 9.17) is 16.2 Å². The number of esters is 1. The van der Waals surface area contributed by atoms with Gasteiger partial charge in [0.2, 0.25) is 82.7 Å². The molecule has 0 spiro atoms. The maximum atomic E-state index is 14.9. The summed E-state index contributed by atoms with van der Waals surface area (Å²) in [6, 6.07) is -8.37. The Morgan fingerprint density at radius 1 is 0.522 bits per heavy atom. The number of benzene rings is 2. The lowest BCUT2D eigenvalue weighted by Crippen LogP contribution is -2.61. The molecule has 5 rings (SSSR count). The van der Waals surface area contributed by atoms with Crippen molar-refractivity contribution < 1.29 is 121 Å². The number of aliphatic carboxylic acids is 4. The molecule has 0 bridgehead atoms. The van der Waals surface area contributed by atoms with Crippen molar-refractivity contribution in [1.29, 1.82) is 0 Å². The van der Waals surface area contributed by atoms with Crippen LogP contribution in [-0.4, -0.2) is 247 Å². The number of nitrogens with two attached hydrogens (primary N) is 2. The van der Waals surface area contributed by atoms with Gasteiger partial charge < -0.3 is 121 Å². The van der Waals surface area contributed by atoms with E-state index in [-0.39, 0.29) is 37.8 Å². The Hall–Kier alpha value is -12.6. The molecule has 2 aromatic carbocycles. The zero-order valence-electron chi connectivity index (χ0n) is 63.7. The van der Waals surface area contributed by atoms with Gasteiger partial charge in [-0.05, 0) is 75.3 Å². The molecule has 42 nitrogen and oxygen atoms in total. The Morgan fingerprint density at radius 2 is 1.03 bits per heavy atom. The standard InChI is InChI=1S/C73H101N17O25/c1-5-36(2)15-8-6-7-9-21-55(93)82-47(25-39-31-76-43-18-12-10-16-41(39)43)68(109)86-48(27-54(75)92)69(110)88-51(30-61(102)103)70(111)90-62-38(4)115-73(114)52(26-40-32-77-44-19-13-11-17-42(40)44)89-66(107)46(22-23-58(96)97)84-71(112)53(35-91)83-57(95)33-78-64(105)49(28-59(98)99)85-63(104)37(3)80-67(108)50(29-60(100)101)87-65(106)45(20-14-24-74)81-56(94)34-79-72(62)113/h10-13,16-19,31-32,36-38,45-53,62,76-77,91H,5-9,14-15,20-30,33-35,74H2,1-4H3,(H2,75,92)(H,78,105)(H,79,113)(H,80,108)(H,81,94)(H,82,93)(H,83,95)(H,84,112)(H,85,104)(H,86,109)(H,87,106)(H,88,110)(H,89,107)(H,90,111)(H,96,97)(H,98,99)(H,100,101)(H,102,103). The van der Waals surface area contributed by atoms with Crippen LogP contribution in [0.1, 0.15) is 135 Å². The van der Waals surface area contributed by atoms with Crippen LogP contribution in [0.2, 0.25) is 0 Å². The molecular formula is C73H101N17O25. The number of carboxylic acids is 4. The number of carbonyl (C=O) groups excluding carboxylic acids is 15. The molecule has 1 saturated heterocycles. The van der Waals surface area contributed by atoms with E-state index < -0.39 is 250 Å². The SMILES string of the molecule is CCC(C)CCCCCCC(=O)NC(Cc1c[nH]c2ccccc12)C(=O)NC(CC(N)=O)C(=O)NC(CC(=O)O)C(=O)NC1C(=O)NCC(=O)NC(CCCN)C(=O)NC(CC(=O)O)C(=O)NC(C)C(=O)NC(CC(=O)O)C(=O)NCC(=O)NC(CO)C(=O)NC(CCC(=O)O)C(=O)NC(Cc2c[nH]c3ccccc23)C(=O)OC1C. The van der Waals surface area contributed by atoms with Crippen molar-refractivity contribution in [1.82, 2.24) is 79.1 Å². The van der Waals surface area contributed by atoms with Crippen molar-refractivity contribution in [3.05, 3.63) is 72.1 Å². The second-order valence-electron chi connectivity index (χ2n) is 27.6. The number of para-hydroxylation sites is 2. The summed E-state index contributed by atoms with van der Waals surface area (Å²) in [4.78, 5) is 265. The first-order valence-corrected chi connectivity index (χ1v) is 37.1. The third-order valence-corrected chi connectivity index (χ3v) is 18.5. The molecule has 24 N–H and O–H groups in total. The van der Waals surface area contributed by atoms with E-state index in [0.29, 0.717) is 46.1 Å². The van der Waals surface area contributed by atoms with Gasteiger partial charge in [0.25, 0.3) is 0 Å². The highest BCUT2D eigenvalue weighted by molar-refractivity contribution is 6.02. The van der Waals surface area contributed by atoms with Crippen molar-refractivity contribution in [2.24, 2.45) is 17.4 Å². The van der Waals surface area contributed by atoms with Gasteiger partial charge in [-0.1, -0.05) is 82.3 Å². The number of unbranched alkanes of at least 4 members (excludes halogenated alkanes) is 3. The van der Waals surface area contributed by atoms with Crippen molar-refractivity contribution in [2.45, 2.75) is 209 Å². The van der Waals surface area contributed by atoms with Gasteiger partial charge in [0.05, 0.1) is 45.4 Å². The normalized spacial score (nSPS) is 21.3. The quantitative estimate of drug-likeness (QED) is 0.0154. The minimum Gasteiger partial charge on any atom is -0.481 e. The van der Waals surface area contributed by atoms with Crippen LogP contribution < -0.4 is 80.6 Å². The molecule has 0 radical (unpaired) electrons. The molecule has 0 aliphatic carbocycles. The maximum Gasteiger partial charge on any atom is 0.329 e. The summed E-state index contributed by atoms with van der Waals surface area (Å²) in [5.41, 5.74) is 13.3. The second-order valence-corrected chi connectivity index (χ2v) is 27.6. The minimum absolute atomic E-state index is 0.00696. The van der Waals surface area contributed by atoms with Crippen molar-refractivity contribution in [2.75, 3.05) is 26.2 Å². The fourth-order valence-electron chi connectivity index (χ4n) is 12.0. The number of primary amides is 1. The van der Waals surface area contributed by atoms with Crippen LogP contribution in [0, 0.1) is 5.92 Å². The Balaban J connectivity index is 1.58. The Bertz CT molecular complexity index is 4180. The van der Waals surface area contributed by atoms with Crippen LogP contribution in [0.4, 0.5) is 0 Å². The molecule has 1 fully saturated rings. The lowest BCUT2D eigenvalue weighted by molar-refractivity contribution is -0.156. The highest BCUT2D eigenvalue weighted by Gasteiger charge is 2.40. The zero-order chi connectivity index (χ0) is 85.2. The van der Waals surface area contributed by atoms with E-state index in [0.717, 1.165) is 39.5 Å². The number of rotatable bonds is 34. The summed E-state index contributed by atoms with van der Waals surface area (Å²) in [7, 11) is 0. The van der Waals surface area contributed by atoms with Crippen LogP contribution >= 0.6 is 0 Å². The van der Waals surface area contributed by atoms with Crippen LogP contribution in [0.3, 0.4) is 0 Å². The molecule has 13 unspecified atom stereocenters. The highest BCUT2D eigenvalue weighted by Crippen LogP contribution is 2.23. The number of amides is 14. The molecule has 3 heterocycles. The molecule has 42 heteroatoms. The van der Waals surface area contributed by atoms with Gasteiger partial charge in [-0.25, -0.2) is 4.79 Å². The van der Waals surface area contributed by atoms with Gasteiger partial charge in [-0.15, -0.1) is 0 Å². The number of fused-ring (bicyclic) bond motifs is 2. The summed E-state index contributed by atoms with van der Waals surface area (Å²) in [5.74, 6) is -25.6. The second kappa shape index (κ2) is 46.4. The molecule has 0 saturated carbocycles. The van der Waals surface area contributed by atoms with Crippen LogP contribution in [0.15, 0.2) is 60.9 Å². The number of aromatic nitrogens is 2. The first-order chi connectivity index (χ1) is 54.5. The predicted molar refractivity (Wildman–Crippen MR) is 402 cm³/mol. The summed E-state index contributed by atoms with van der Waals surface area (Å²) < 4.78 is 5.82. The Kier molecular flexibility index (Phi) is 37.5. The number of aliphatic hydroxyl groups is 1. The van der Waals surface area contributed by atoms with E-state index in [1.54, 1.807) is 54.7 Å². The molecule has 1 aliphatic heterocycles. The monoisotopic (exact) mass is 1620 g/mol. The fraction of sp³-hybridized carbons (Fsp3) is 0.521. The van der Waals surface area contributed by atoms with E-state index in [9.17, 15) is 117 Å². The van der Waals surface area contributed by atoms with E-state index in [1.807, 2.05) is 16.0 Å². The van der Waals surface area contributed by atoms with Gasteiger partial charge in [-0.2, -0.15) is 0 Å². The van der Waals surface area contributed by atoms with E-state index in [1.165, 1.54) is 6.20 Å². The molecule has 2 aromatic heterocycles. The number of hydrogen-bond donors (Lipinski definition) is 22. The first-order valence-electron chi connectivity index (χ1n) is 37.1. The predicted octanol–water partition coefficient (Wildman–Crippen LogP) is -4.75. The summed E-state index contributed by atoms with van der Waals surface area (Å²) in [6.07, 6.45) is -1.72. The minimum atomic E-state index is -2.35. The van der Waals surface area contributed by atoms with Crippen LogP contribution in [0.25, 0.3) is 21.8 Å². The van der Waals surface area contributed by atoms with Gasteiger partial charge in [0.15, 0.2) is 0 Å². The molecule has 13 atom stereocenters. The number of hydrogen-bond acceptors (Lipinski definition) is 22. The van der Waals surface area contributed by atoms with Gasteiger partial charge >= 0.3 is 29.8 Å². The molecule has 1 aliphatic rings. The molecule has 14 amide bonds. The summed E-state index contributed by atoms with van der Waals surface area (Å²) in [6.45, 7) is 2.46. The average Bonchev–Trinajstić information content (AvgIpc) is 1.71.